The van der Waals surface area contributed by atoms with Crippen LogP contribution in [0.4, 0.5) is 0 Å². The first-order valence-electron chi connectivity index (χ1n) is 8.31. The van der Waals surface area contributed by atoms with Crippen LogP contribution >= 0.6 is 0 Å². The molecule has 0 spiro atoms. The first-order chi connectivity index (χ1) is 12.7. The quantitative estimate of drug-likeness (QED) is 0.479. The van der Waals surface area contributed by atoms with Gasteiger partial charge >= 0.3 is 5.97 Å². The lowest BCUT2D eigenvalue weighted by atomic mass is 9.95. The van der Waals surface area contributed by atoms with Crippen LogP contribution in [0.1, 0.15) is 27.0 Å². The number of ether oxygens (including phenoxy) is 2. The van der Waals surface area contributed by atoms with E-state index < -0.39 is 0 Å². The molecule has 0 aliphatic carbocycles. The second kappa shape index (κ2) is 8.17. The number of carbonyl (C=O) groups excluding carboxylic acids is 1. The van der Waals surface area contributed by atoms with E-state index in [2.05, 4.69) is 18.2 Å². The molecule has 0 aliphatic heterocycles. The molecule has 26 heavy (non-hydrogen) atoms. The van der Waals surface area contributed by atoms with Crippen molar-refractivity contribution in [3.05, 3.63) is 101 Å². The van der Waals surface area contributed by atoms with Gasteiger partial charge in [-0.15, -0.1) is 0 Å². The zero-order valence-corrected chi connectivity index (χ0v) is 14.8. The van der Waals surface area contributed by atoms with Crippen molar-refractivity contribution in [3.63, 3.8) is 0 Å². The fourth-order valence-corrected chi connectivity index (χ4v) is 2.76. The third-order valence-corrected chi connectivity index (χ3v) is 4.10. The molecule has 0 N–H and O–H groups in total. The number of rotatable bonds is 5. The molecule has 0 fully saturated rings. The summed E-state index contributed by atoms with van der Waals surface area (Å²) in [7, 11) is 3.04. The summed E-state index contributed by atoms with van der Waals surface area (Å²) >= 11 is 0. The summed E-state index contributed by atoms with van der Waals surface area (Å²) in [4.78, 5) is 11.8. The van der Waals surface area contributed by atoms with Crippen LogP contribution in [0.15, 0.2) is 78.9 Å². The highest BCUT2D eigenvalue weighted by molar-refractivity contribution is 5.94. The number of carbonyl (C=O) groups is 1. The molecule has 3 aromatic carbocycles. The Labute approximate surface area is 153 Å². The van der Waals surface area contributed by atoms with Crippen molar-refractivity contribution >= 4 is 17.6 Å². The van der Waals surface area contributed by atoms with Gasteiger partial charge in [0.05, 0.1) is 19.8 Å². The Morgan fingerprint density at radius 3 is 2.08 bits per heavy atom. The van der Waals surface area contributed by atoms with Crippen LogP contribution in [0, 0.1) is 0 Å². The second-order valence-electron chi connectivity index (χ2n) is 5.77. The molecule has 3 nitrogen and oxygen atoms in total. The van der Waals surface area contributed by atoms with Gasteiger partial charge in [0.2, 0.25) is 0 Å². The van der Waals surface area contributed by atoms with Crippen molar-refractivity contribution in [1.29, 1.82) is 0 Å². The van der Waals surface area contributed by atoms with E-state index in [1.54, 1.807) is 13.2 Å². The van der Waals surface area contributed by atoms with Crippen LogP contribution in [-0.4, -0.2) is 20.2 Å². The van der Waals surface area contributed by atoms with E-state index in [4.69, 9.17) is 9.47 Å². The number of benzene rings is 3. The summed E-state index contributed by atoms with van der Waals surface area (Å²) in [6.45, 7) is 0. The van der Waals surface area contributed by atoms with E-state index in [1.165, 1.54) is 7.11 Å². The standard InChI is InChI=1S/C23H20O3/c1-25-21-13-11-19(12-14-21)22(18-8-4-3-5-9-18)16-17-7-6-10-20(15-17)23(24)26-2/h3-16H,1-2H3. The zero-order chi connectivity index (χ0) is 18.4. The molecule has 0 radical (unpaired) electrons. The zero-order valence-electron chi connectivity index (χ0n) is 14.8. The summed E-state index contributed by atoms with van der Waals surface area (Å²) < 4.78 is 10.1. The summed E-state index contributed by atoms with van der Waals surface area (Å²) in [6.07, 6.45) is 2.07. The van der Waals surface area contributed by atoms with Crippen LogP contribution in [0.2, 0.25) is 0 Å². The van der Waals surface area contributed by atoms with Gasteiger partial charge in [0.15, 0.2) is 0 Å². The normalized spacial score (nSPS) is 11.1. The molecule has 0 heterocycles. The maximum absolute atomic E-state index is 11.8. The first-order valence-corrected chi connectivity index (χ1v) is 8.31. The lowest BCUT2D eigenvalue weighted by Crippen LogP contribution is -2.00. The summed E-state index contributed by atoms with van der Waals surface area (Å²) in [5.74, 6) is 0.472. The van der Waals surface area contributed by atoms with Crippen LogP contribution in [0.5, 0.6) is 5.75 Å². The minimum Gasteiger partial charge on any atom is -0.497 e. The highest BCUT2D eigenvalue weighted by atomic mass is 16.5. The van der Waals surface area contributed by atoms with Crippen molar-refractivity contribution in [2.75, 3.05) is 14.2 Å². The third kappa shape index (κ3) is 4.01. The number of methoxy groups -OCH3 is 2. The van der Waals surface area contributed by atoms with Crippen molar-refractivity contribution in [3.8, 4) is 5.75 Å². The molecule has 3 aromatic rings. The molecule has 0 aliphatic rings. The summed E-state index contributed by atoms with van der Waals surface area (Å²) in [5.41, 5.74) is 4.70. The predicted octanol–water partition coefficient (Wildman–Crippen LogP) is 5.07. The van der Waals surface area contributed by atoms with E-state index in [0.717, 1.165) is 28.0 Å². The van der Waals surface area contributed by atoms with E-state index in [0.29, 0.717) is 5.56 Å². The molecule has 0 saturated carbocycles. The molecule has 3 heteroatoms. The Kier molecular flexibility index (Phi) is 5.49. The molecule has 0 bridgehead atoms. The van der Waals surface area contributed by atoms with E-state index in [-0.39, 0.29) is 5.97 Å². The van der Waals surface area contributed by atoms with Gasteiger partial charge in [-0.1, -0.05) is 54.6 Å². The Hall–Kier alpha value is -3.33. The fourth-order valence-electron chi connectivity index (χ4n) is 2.76. The minimum atomic E-state index is -0.342. The van der Waals surface area contributed by atoms with E-state index in [9.17, 15) is 4.79 Å². The van der Waals surface area contributed by atoms with Gasteiger partial charge in [0, 0.05) is 0 Å². The lowest BCUT2D eigenvalue weighted by Gasteiger charge is -2.10. The fraction of sp³-hybridized carbons (Fsp3) is 0.0870. The monoisotopic (exact) mass is 344 g/mol. The molecule has 130 valence electrons. The van der Waals surface area contributed by atoms with Gasteiger partial charge in [0.25, 0.3) is 0 Å². The van der Waals surface area contributed by atoms with Crippen LogP contribution < -0.4 is 4.74 Å². The molecule has 0 aromatic heterocycles. The molecule has 0 saturated heterocycles. The second-order valence-corrected chi connectivity index (χ2v) is 5.77. The molecule has 3 rings (SSSR count). The molecular weight excluding hydrogens is 324 g/mol. The summed E-state index contributed by atoms with van der Waals surface area (Å²) in [6, 6.07) is 25.5. The predicted molar refractivity (Wildman–Crippen MR) is 104 cm³/mol. The Bertz CT molecular complexity index is 910. The van der Waals surface area contributed by atoms with Crippen molar-refractivity contribution in [1.82, 2.24) is 0 Å². The van der Waals surface area contributed by atoms with Gasteiger partial charge in [0.1, 0.15) is 5.75 Å². The van der Waals surface area contributed by atoms with Gasteiger partial charge in [-0.2, -0.15) is 0 Å². The molecule has 0 unspecified atom stereocenters. The van der Waals surface area contributed by atoms with E-state index in [1.807, 2.05) is 60.7 Å². The Morgan fingerprint density at radius 1 is 0.769 bits per heavy atom. The number of esters is 1. The SMILES string of the molecule is COC(=O)c1cccc(C=C(c2ccccc2)c2ccc(OC)cc2)c1. The Balaban J connectivity index is 2.08. The smallest absolute Gasteiger partial charge is 0.337 e. The summed E-state index contributed by atoms with van der Waals surface area (Å²) in [5, 5.41) is 0. The van der Waals surface area contributed by atoms with Crippen molar-refractivity contribution in [2.24, 2.45) is 0 Å². The van der Waals surface area contributed by atoms with Gasteiger partial charge in [-0.3, -0.25) is 0 Å². The topological polar surface area (TPSA) is 35.5 Å². The molecular formula is C23H20O3. The van der Waals surface area contributed by atoms with Crippen molar-refractivity contribution < 1.29 is 14.3 Å². The van der Waals surface area contributed by atoms with Gasteiger partial charge < -0.3 is 9.47 Å². The Morgan fingerprint density at radius 2 is 1.42 bits per heavy atom. The maximum Gasteiger partial charge on any atom is 0.337 e. The lowest BCUT2D eigenvalue weighted by molar-refractivity contribution is 0.0600. The first kappa shape index (κ1) is 17.5. The minimum absolute atomic E-state index is 0.342. The van der Waals surface area contributed by atoms with Gasteiger partial charge in [-0.05, 0) is 52.6 Å². The van der Waals surface area contributed by atoms with Crippen LogP contribution in [0.3, 0.4) is 0 Å². The molecule has 0 amide bonds. The average molecular weight is 344 g/mol. The number of hydrogen-bond acceptors (Lipinski definition) is 3. The molecule has 0 atom stereocenters. The third-order valence-electron chi connectivity index (χ3n) is 4.10. The van der Waals surface area contributed by atoms with Gasteiger partial charge in [-0.25, -0.2) is 4.79 Å². The number of hydrogen-bond donors (Lipinski definition) is 0. The maximum atomic E-state index is 11.8. The van der Waals surface area contributed by atoms with Crippen LogP contribution in [0.25, 0.3) is 11.6 Å². The van der Waals surface area contributed by atoms with Crippen LogP contribution in [-0.2, 0) is 4.74 Å². The highest BCUT2D eigenvalue weighted by Gasteiger charge is 2.08. The van der Waals surface area contributed by atoms with E-state index >= 15 is 0 Å². The largest absolute Gasteiger partial charge is 0.497 e. The highest BCUT2D eigenvalue weighted by Crippen LogP contribution is 2.27. The van der Waals surface area contributed by atoms with Crippen molar-refractivity contribution in [2.45, 2.75) is 0 Å². The average Bonchev–Trinajstić information content (AvgIpc) is 2.72.